The molecule has 0 aromatic rings. The molecule has 0 saturated heterocycles. The molecular weight excluding hydrogens is 363 g/mol. The number of nitrogens with zero attached hydrogens (tertiary/aromatic N) is 2. The third kappa shape index (κ3) is 11.9. The maximum absolute atomic E-state index is 2.37. The summed E-state index contributed by atoms with van der Waals surface area (Å²) in [5.74, 6) is 0. The Hall–Kier alpha value is 0.719. The molecule has 0 spiro atoms. The predicted octanol–water partition coefficient (Wildman–Crippen LogP) is 4.94. The molecule has 0 N–H and O–H groups in total. The van der Waals surface area contributed by atoms with Gasteiger partial charge in [-0.25, -0.2) is 0 Å². The first-order valence-corrected chi connectivity index (χ1v) is 17.3. The van der Waals surface area contributed by atoms with Gasteiger partial charge in [0, 0.05) is 0 Å². The number of hydrogen-bond acceptors (Lipinski definition) is 2. The van der Waals surface area contributed by atoms with Crippen LogP contribution in [0.2, 0.25) is 17.7 Å². The van der Waals surface area contributed by atoms with E-state index in [1.54, 1.807) is 17.7 Å². The first-order valence-electron chi connectivity index (χ1n) is 9.25. The van der Waals surface area contributed by atoms with Crippen LogP contribution in [0.1, 0.15) is 52.4 Å². The van der Waals surface area contributed by atoms with Crippen LogP contribution >= 0.6 is 0 Å². The quantitative estimate of drug-likeness (QED) is 0.378. The van der Waals surface area contributed by atoms with Gasteiger partial charge in [-0.2, -0.15) is 0 Å². The fourth-order valence-electron chi connectivity index (χ4n) is 3.39. The molecule has 0 rings (SSSR count). The molecular formula is C18H42N2Sn. The van der Waals surface area contributed by atoms with Crippen LogP contribution in [0.15, 0.2) is 0 Å². The number of rotatable bonds is 14. The van der Waals surface area contributed by atoms with Gasteiger partial charge in [0.05, 0.1) is 0 Å². The van der Waals surface area contributed by atoms with Crippen LogP contribution in [0.3, 0.4) is 0 Å². The molecule has 0 aromatic carbocycles. The molecule has 0 amide bonds. The Bertz CT molecular complexity index is 205. The van der Waals surface area contributed by atoms with Gasteiger partial charge in [0.1, 0.15) is 0 Å². The van der Waals surface area contributed by atoms with Gasteiger partial charge in [-0.05, 0) is 0 Å². The van der Waals surface area contributed by atoms with Gasteiger partial charge in [0.2, 0.25) is 0 Å². The molecule has 0 aliphatic carbocycles. The fourth-order valence-corrected chi connectivity index (χ4v) is 19.2. The first-order chi connectivity index (χ1) is 9.95. The molecule has 0 radical (unpaired) electrons. The SMILES string of the molecule is CCC[CH2][Sn]([CH2]CCC)([CH2]CCN(C)C)[CH2]CCN(C)C. The Morgan fingerprint density at radius 2 is 0.905 bits per heavy atom. The van der Waals surface area contributed by atoms with Gasteiger partial charge in [0.25, 0.3) is 0 Å². The van der Waals surface area contributed by atoms with Crippen molar-refractivity contribution in [2.75, 3.05) is 41.3 Å². The first kappa shape index (κ1) is 21.7. The van der Waals surface area contributed by atoms with Crippen molar-refractivity contribution in [2.45, 2.75) is 70.1 Å². The summed E-state index contributed by atoms with van der Waals surface area (Å²) in [7, 11) is 8.89. The second-order valence-electron chi connectivity index (χ2n) is 7.52. The van der Waals surface area contributed by atoms with Crippen molar-refractivity contribution < 1.29 is 0 Å². The number of unbranched alkanes of at least 4 members (excludes halogenated alkanes) is 2. The molecule has 21 heavy (non-hydrogen) atoms. The Morgan fingerprint density at radius 1 is 0.571 bits per heavy atom. The molecule has 0 aliphatic rings. The van der Waals surface area contributed by atoms with Crippen molar-refractivity contribution in [3.05, 3.63) is 0 Å². The van der Waals surface area contributed by atoms with Crippen molar-refractivity contribution in [2.24, 2.45) is 0 Å². The zero-order valence-electron chi connectivity index (χ0n) is 15.9. The third-order valence-corrected chi connectivity index (χ3v) is 20.9. The summed E-state index contributed by atoms with van der Waals surface area (Å²) in [6.07, 6.45) is 8.71. The van der Waals surface area contributed by atoms with E-state index in [0.29, 0.717) is 0 Å². The van der Waals surface area contributed by atoms with E-state index in [0.717, 1.165) is 0 Å². The zero-order chi connectivity index (χ0) is 16.1. The van der Waals surface area contributed by atoms with Crippen LogP contribution in [0.4, 0.5) is 0 Å². The van der Waals surface area contributed by atoms with Crippen LogP contribution in [0.5, 0.6) is 0 Å². The van der Waals surface area contributed by atoms with Crippen molar-refractivity contribution >= 4 is 18.4 Å². The molecule has 3 heteroatoms. The molecule has 0 fully saturated rings. The zero-order valence-corrected chi connectivity index (χ0v) is 18.7. The predicted molar refractivity (Wildman–Crippen MR) is 101 cm³/mol. The van der Waals surface area contributed by atoms with Crippen molar-refractivity contribution in [3.63, 3.8) is 0 Å². The molecule has 0 unspecified atom stereocenters. The van der Waals surface area contributed by atoms with Crippen molar-refractivity contribution in [1.82, 2.24) is 9.80 Å². The third-order valence-electron chi connectivity index (χ3n) is 4.75. The van der Waals surface area contributed by atoms with E-state index in [1.165, 1.54) is 51.6 Å². The van der Waals surface area contributed by atoms with Crippen LogP contribution in [-0.4, -0.2) is 69.5 Å². The fraction of sp³-hybridized carbons (Fsp3) is 1.00. The molecule has 0 atom stereocenters. The molecule has 128 valence electrons. The molecule has 0 bridgehead atoms. The average molecular weight is 405 g/mol. The van der Waals surface area contributed by atoms with Gasteiger partial charge in [0.15, 0.2) is 0 Å². The molecule has 2 nitrogen and oxygen atoms in total. The van der Waals surface area contributed by atoms with E-state index >= 15 is 0 Å². The Labute approximate surface area is 139 Å². The molecule has 0 saturated carbocycles. The molecule has 0 aliphatic heterocycles. The van der Waals surface area contributed by atoms with Gasteiger partial charge in [-0.3, -0.25) is 0 Å². The summed E-state index contributed by atoms with van der Waals surface area (Å²) in [6, 6.07) is 0. The standard InChI is InChI=1S/2C5H12N.2C4H9.Sn/c2*1-4-5-6(2)3;2*1-3-4-2;/h2*1,4-5H2,2-3H3;2*1,3-4H2,2H3;. The van der Waals surface area contributed by atoms with Crippen molar-refractivity contribution in [3.8, 4) is 0 Å². The van der Waals surface area contributed by atoms with E-state index < -0.39 is 18.4 Å². The van der Waals surface area contributed by atoms with E-state index in [4.69, 9.17) is 0 Å². The Morgan fingerprint density at radius 3 is 1.19 bits per heavy atom. The Balaban J connectivity index is 4.58. The van der Waals surface area contributed by atoms with Crippen LogP contribution in [-0.2, 0) is 0 Å². The second kappa shape index (κ2) is 13.2. The number of hydrogen-bond donors (Lipinski definition) is 0. The maximum atomic E-state index is 2.37. The van der Waals surface area contributed by atoms with Gasteiger partial charge in [-0.15, -0.1) is 0 Å². The summed E-state index contributed by atoms with van der Waals surface area (Å²) in [5.41, 5.74) is 0. The van der Waals surface area contributed by atoms with Gasteiger partial charge in [-0.1, -0.05) is 0 Å². The summed E-state index contributed by atoms with van der Waals surface area (Å²) < 4.78 is 6.60. The topological polar surface area (TPSA) is 6.48 Å². The monoisotopic (exact) mass is 406 g/mol. The average Bonchev–Trinajstić information content (AvgIpc) is 2.41. The minimum atomic E-state index is -1.87. The van der Waals surface area contributed by atoms with E-state index in [1.807, 2.05) is 0 Å². The summed E-state index contributed by atoms with van der Waals surface area (Å²) >= 11 is -1.87. The van der Waals surface area contributed by atoms with Crippen LogP contribution < -0.4 is 0 Å². The Kier molecular flexibility index (Phi) is 13.6. The second-order valence-corrected chi connectivity index (χ2v) is 21.8. The van der Waals surface area contributed by atoms with E-state index in [9.17, 15) is 0 Å². The van der Waals surface area contributed by atoms with Crippen LogP contribution in [0.25, 0.3) is 0 Å². The summed E-state index contributed by atoms with van der Waals surface area (Å²) in [5, 5.41) is 0. The summed E-state index contributed by atoms with van der Waals surface area (Å²) in [4.78, 5) is 4.74. The molecule has 0 aromatic heterocycles. The van der Waals surface area contributed by atoms with Crippen LogP contribution in [0, 0.1) is 0 Å². The normalized spacial score (nSPS) is 12.6. The minimum absolute atomic E-state index is 1.30. The van der Waals surface area contributed by atoms with Gasteiger partial charge < -0.3 is 0 Å². The molecule has 0 heterocycles. The van der Waals surface area contributed by atoms with E-state index in [2.05, 4.69) is 51.8 Å². The summed E-state index contributed by atoms with van der Waals surface area (Å²) in [6.45, 7) is 7.33. The van der Waals surface area contributed by atoms with E-state index in [-0.39, 0.29) is 0 Å². The van der Waals surface area contributed by atoms with Gasteiger partial charge >= 0.3 is 140 Å². The van der Waals surface area contributed by atoms with Crippen molar-refractivity contribution in [1.29, 1.82) is 0 Å².